The van der Waals surface area contributed by atoms with E-state index in [-0.39, 0.29) is 11.4 Å². The second-order valence-corrected chi connectivity index (χ2v) is 9.35. The normalized spacial score (nSPS) is 16.2. The summed E-state index contributed by atoms with van der Waals surface area (Å²) >= 11 is 6.03. The fourth-order valence-electron chi connectivity index (χ4n) is 3.76. The van der Waals surface area contributed by atoms with Crippen LogP contribution in [0.1, 0.15) is 30.1 Å². The van der Waals surface area contributed by atoms with Crippen molar-refractivity contribution in [2.45, 2.75) is 36.7 Å². The first kappa shape index (κ1) is 20.6. The van der Waals surface area contributed by atoms with E-state index in [1.807, 2.05) is 18.2 Å². The van der Waals surface area contributed by atoms with Gasteiger partial charge in [-0.1, -0.05) is 35.9 Å². The summed E-state index contributed by atoms with van der Waals surface area (Å²) in [5.41, 5.74) is 3.28. The molecule has 1 aliphatic carbocycles. The molecule has 9 heteroatoms. The zero-order valence-electron chi connectivity index (χ0n) is 16.0. The van der Waals surface area contributed by atoms with Gasteiger partial charge in [-0.05, 0) is 54.7 Å². The molecule has 2 N–H and O–H groups in total. The summed E-state index contributed by atoms with van der Waals surface area (Å²) in [6.45, 7) is -0.236. The zero-order chi connectivity index (χ0) is 21.3. The van der Waals surface area contributed by atoms with Crippen LogP contribution in [0.25, 0.3) is 11.1 Å². The van der Waals surface area contributed by atoms with Gasteiger partial charge in [0.1, 0.15) is 6.54 Å². The molecular weight excluding hydrogens is 426 g/mol. The van der Waals surface area contributed by atoms with Crippen molar-refractivity contribution in [1.29, 1.82) is 0 Å². The lowest BCUT2D eigenvalue weighted by molar-refractivity contribution is -0.137. The van der Waals surface area contributed by atoms with Crippen LogP contribution in [0.3, 0.4) is 0 Å². The zero-order valence-corrected chi connectivity index (χ0v) is 17.5. The highest BCUT2D eigenvalue weighted by atomic mass is 35.5. The number of sulfonamides is 1. The third-order valence-electron chi connectivity index (χ3n) is 5.17. The molecule has 3 aromatic rings. The Hall–Kier alpha value is -2.68. The largest absolute Gasteiger partial charge is 0.480 e. The summed E-state index contributed by atoms with van der Waals surface area (Å²) in [5.74, 6) is -0.983. The number of nitrogens with one attached hydrogen (secondary N) is 1. The number of halogens is 1. The Kier molecular flexibility index (Phi) is 5.64. The van der Waals surface area contributed by atoms with Crippen LogP contribution >= 0.6 is 11.6 Å². The Morgan fingerprint density at radius 3 is 2.67 bits per heavy atom. The summed E-state index contributed by atoms with van der Waals surface area (Å²) in [5, 5.41) is 13.8. The molecule has 0 aliphatic heterocycles. The summed E-state index contributed by atoms with van der Waals surface area (Å²) in [6, 6.07) is 13.5. The van der Waals surface area contributed by atoms with Crippen molar-refractivity contribution < 1.29 is 18.3 Å². The molecule has 0 unspecified atom stereocenters. The third kappa shape index (κ3) is 4.26. The minimum Gasteiger partial charge on any atom is -0.480 e. The molecule has 30 heavy (non-hydrogen) atoms. The average Bonchev–Trinajstić information content (AvgIpc) is 3.11. The molecule has 0 fully saturated rings. The number of rotatable bonds is 6. The fourth-order valence-corrected chi connectivity index (χ4v) is 5.20. The number of carbonyl (C=O) groups is 1. The van der Waals surface area contributed by atoms with Crippen LogP contribution in [0.15, 0.2) is 59.6 Å². The minimum absolute atomic E-state index is 0.165. The maximum absolute atomic E-state index is 12.9. The number of carboxylic acids is 1. The number of aliphatic carboxylic acids is 1. The van der Waals surface area contributed by atoms with E-state index in [0.29, 0.717) is 17.9 Å². The predicted molar refractivity (Wildman–Crippen MR) is 113 cm³/mol. The van der Waals surface area contributed by atoms with Crippen LogP contribution in [-0.2, 0) is 27.8 Å². The van der Waals surface area contributed by atoms with Gasteiger partial charge in [0.15, 0.2) is 0 Å². The van der Waals surface area contributed by atoms with E-state index in [9.17, 15) is 13.2 Å². The second-order valence-electron chi connectivity index (χ2n) is 7.20. The fraction of sp³-hybridized carbons (Fsp3) is 0.238. The van der Waals surface area contributed by atoms with Crippen LogP contribution in [0.4, 0.5) is 0 Å². The second kappa shape index (κ2) is 8.22. The summed E-state index contributed by atoms with van der Waals surface area (Å²) in [6.07, 6.45) is 3.62. The van der Waals surface area contributed by atoms with Crippen LogP contribution in [-0.4, -0.2) is 29.3 Å². The van der Waals surface area contributed by atoms with Gasteiger partial charge in [-0.25, -0.2) is 13.1 Å². The molecular formula is C21H20ClN3O4S. The average molecular weight is 446 g/mol. The molecule has 4 rings (SSSR count). The molecule has 1 aromatic heterocycles. The molecule has 0 amide bonds. The molecule has 2 aromatic carbocycles. The molecule has 0 spiro atoms. The quantitative estimate of drug-likeness (QED) is 0.603. The predicted octanol–water partition coefficient (Wildman–Crippen LogP) is 3.64. The van der Waals surface area contributed by atoms with Gasteiger partial charge >= 0.3 is 5.97 Å². The standard InChI is InChI=1S/C21H20ClN3O4S/c22-16-4-1-3-15(11-16)14-7-9-17(10-8-14)30(28,29)24-19-5-2-6-20-18(19)12-23-25(20)13-21(26)27/h1,3-4,7-12,19,24H,2,5-6,13H2,(H,26,27)/t19-/m1/s1. The van der Waals surface area contributed by atoms with Crippen molar-refractivity contribution in [3.63, 3.8) is 0 Å². The Morgan fingerprint density at radius 2 is 1.97 bits per heavy atom. The Bertz CT molecular complexity index is 1190. The Labute approximate surface area is 179 Å². The number of hydrogen-bond donors (Lipinski definition) is 2. The molecule has 0 saturated carbocycles. The van der Waals surface area contributed by atoms with E-state index in [2.05, 4.69) is 9.82 Å². The van der Waals surface area contributed by atoms with Gasteiger partial charge < -0.3 is 5.11 Å². The topological polar surface area (TPSA) is 101 Å². The van der Waals surface area contributed by atoms with Crippen molar-refractivity contribution in [1.82, 2.24) is 14.5 Å². The van der Waals surface area contributed by atoms with Crippen LogP contribution in [0.5, 0.6) is 0 Å². The first-order chi connectivity index (χ1) is 14.3. The first-order valence-corrected chi connectivity index (χ1v) is 11.3. The first-order valence-electron chi connectivity index (χ1n) is 9.48. The molecule has 1 atom stereocenters. The molecule has 0 bridgehead atoms. The van der Waals surface area contributed by atoms with Crippen molar-refractivity contribution in [2.24, 2.45) is 0 Å². The van der Waals surface area contributed by atoms with Gasteiger partial charge in [0.05, 0.1) is 17.1 Å². The van der Waals surface area contributed by atoms with Crippen molar-refractivity contribution in [2.75, 3.05) is 0 Å². The highest BCUT2D eigenvalue weighted by Crippen LogP contribution is 2.31. The highest BCUT2D eigenvalue weighted by Gasteiger charge is 2.29. The number of nitrogens with zero attached hydrogens (tertiary/aromatic N) is 2. The number of fused-ring (bicyclic) bond motifs is 1. The van der Waals surface area contributed by atoms with Crippen LogP contribution in [0, 0.1) is 0 Å². The SMILES string of the molecule is O=C(O)Cn1ncc2c1CCC[C@H]2NS(=O)(=O)c1ccc(-c2cccc(Cl)c2)cc1. The van der Waals surface area contributed by atoms with E-state index >= 15 is 0 Å². The maximum atomic E-state index is 12.9. The van der Waals surface area contributed by atoms with Gasteiger partial charge in [-0.2, -0.15) is 5.10 Å². The van der Waals surface area contributed by atoms with E-state index in [1.54, 1.807) is 36.5 Å². The van der Waals surface area contributed by atoms with Crippen LogP contribution in [0.2, 0.25) is 5.02 Å². The van der Waals surface area contributed by atoms with Crippen molar-refractivity contribution >= 4 is 27.6 Å². The highest BCUT2D eigenvalue weighted by molar-refractivity contribution is 7.89. The minimum atomic E-state index is -3.75. The molecule has 0 saturated heterocycles. The van der Waals surface area contributed by atoms with Crippen LogP contribution < -0.4 is 4.72 Å². The van der Waals surface area contributed by atoms with Gasteiger partial charge in [0, 0.05) is 16.3 Å². The monoisotopic (exact) mass is 445 g/mol. The summed E-state index contributed by atoms with van der Waals surface area (Å²) < 4.78 is 30.1. The lowest BCUT2D eigenvalue weighted by atomic mass is 9.94. The molecule has 156 valence electrons. The lowest BCUT2D eigenvalue weighted by Crippen LogP contribution is -2.31. The number of carboxylic acid groups (broad SMARTS) is 1. The molecule has 1 heterocycles. The third-order valence-corrected chi connectivity index (χ3v) is 6.89. The number of benzene rings is 2. The number of aromatic nitrogens is 2. The van der Waals surface area contributed by atoms with E-state index in [4.69, 9.17) is 16.7 Å². The van der Waals surface area contributed by atoms with Gasteiger partial charge in [-0.15, -0.1) is 0 Å². The van der Waals surface area contributed by atoms with Crippen molar-refractivity contribution in [3.05, 3.63) is 71.0 Å². The Morgan fingerprint density at radius 1 is 1.20 bits per heavy atom. The van der Waals surface area contributed by atoms with E-state index in [0.717, 1.165) is 28.8 Å². The molecule has 0 radical (unpaired) electrons. The lowest BCUT2D eigenvalue weighted by Gasteiger charge is -2.24. The van der Waals surface area contributed by atoms with Gasteiger partial charge in [0.2, 0.25) is 10.0 Å². The number of hydrogen-bond acceptors (Lipinski definition) is 4. The molecule has 1 aliphatic rings. The van der Waals surface area contributed by atoms with Crippen molar-refractivity contribution in [3.8, 4) is 11.1 Å². The van der Waals surface area contributed by atoms with Gasteiger partial charge in [0.25, 0.3) is 0 Å². The summed E-state index contributed by atoms with van der Waals surface area (Å²) in [4.78, 5) is 11.2. The summed E-state index contributed by atoms with van der Waals surface area (Å²) in [7, 11) is -3.75. The van der Waals surface area contributed by atoms with E-state index in [1.165, 1.54) is 4.68 Å². The van der Waals surface area contributed by atoms with E-state index < -0.39 is 22.0 Å². The Balaban J connectivity index is 1.56. The molecule has 7 nitrogen and oxygen atoms in total. The maximum Gasteiger partial charge on any atom is 0.325 e. The van der Waals surface area contributed by atoms with Gasteiger partial charge in [-0.3, -0.25) is 9.48 Å². The smallest absolute Gasteiger partial charge is 0.325 e.